The number of hydrogen-bond donors (Lipinski definition) is 1. The molecule has 3 rings (SSSR count). The van der Waals surface area contributed by atoms with Crippen LogP contribution in [0.25, 0.3) is 6.08 Å². The Morgan fingerprint density at radius 2 is 1.93 bits per heavy atom. The summed E-state index contributed by atoms with van der Waals surface area (Å²) in [5.41, 5.74) is 0.926. The highest BCUT2D eigenvalue weighted by Gasteiger charge is 2.34. The number of hydrogen-bond acceptors (Lipinski definition) is 4. The maximum Gasteiger partial charge on any atom is 0.270 e. The first kappa shape index (κ1) is 21.1. The molecule has 150 valence electrons. The quantitative estimate of drug-likeness (QED) is 0.389. The van der Waals surface area contributed by atoms with Crippen LogP contribution >= 0.6 is 28.1 Å². The molecule has 5 nitrogen and oxygen atoms in total. The Labute approximate surface area is 181 Å². The summed E-state index contributed by atoms with van der Waals surface area (Å²) in [4.78, 5) is 26.5. The van der Waals surface area contributed by atoms with Gasteiger partial charge in [-0.05, 0) is 89.5 Å². The van der Waals surface area contributed by atoms with E-state index in [1.807, 2.05) is 13.8 Å². The Balaban J connectivity index is 1.92. The molecule has 0 radical (unpaired) electrons. The predicted molar refractivity (Wildman–Crippen MR) is 117 cm³/mol. The summed E-state index contributed by atoms with van der Waals surface area (Å²) >= 11 is 8.59. The van der Waals surface area contributed by atoms with Crippen LogP contribution in [0.15, 0.2) is 52.5 Å². The van der Waals surface area contributed by atoms with E-state index in [1.54, 1.807) is 18.2 Å². The topological polar surface area (TPSA) is 58.6 Å². The number of thiocarbonyl (C=S) groups is 1. The molecule has 1 atom stereocenters. The van der Waals surface area contributed by atoms with Crippen molar-refractivity contribution >= 4 is 56.8 Å². The van der Waals surface area contributed by atoms with Gasteiger partial charge in [0.2, 0.25) is 0 Å². The Kier molecular flexibility index (Phi) is 6.44. The van der Waals surface area contributed by atoms with Crippen molar-refractivity contribution in [3.05, 3.63) is 63.9 Å². The van der Waals surface area contributed by atoms with Gasteiger partial charge in [0.1, 0.15) is 17.1 Å². The first-order chi connectivity index (χ1) is 13.8. The lowest BCUT2D eigenvalue weighted by molar-refractivity contribution is -0.122. The molecule has 1 aliphatic rings. The zero-order valence-corrected chi connectivity index (χ0v) is 18.1. The highest BCUT2D eigenvalue weighted by atomic mass is 79.9. The summed E-state index contributed by atoms with van der Waals surface area (Å²) in [6, 6.07) is 10.6. The van der Waals surface area contributed by atoms with E-state index in [1.165, 1.54) is 30.3 Å². The summed E-state index contributed by atoms with van der Waals surface area (Å²) in [6.45, 7) is 4.00. The zero-order chi connectivity index (χ0) is 21.1. The number of amides is 2. The van der Waals surface area contributed by atoms with Crippen molar-refractivity contribution in [1.82, 2.24) is 5.32 Å². The number of carbonyl (C=O) groups excluding carboxylic acids is 2. The smallest absolute Gasteiger partial charge is 0.270 e. The van der Waals surface area contributed by atoms with Crippen LogP contribution in [0.3, 0.4) is 0 Å². The van der Waals surface area contributed by atoms with Gasteiger partial charge in [0, 0.05) is 0 Å². The molecule has 1 heterocycles. The van der Waals surface area contributed by atoms with Crippen molar-refractivity contribution in [2.24, 2.45) is 0 Å². The van der Waals surface area contributed by atoms with Gasteiger partial charge in [-0.3, -0.25) is 19.8 Å². The molecule has 1 aliphatic heterocycles. The van der Waals surface area contributed by atoms with Crippen LogP contribution in [-0.2, 0) is 9.59 Å². The van der Waals surface area contributed by atoms with Gasteiger partial charge in [-0.1, -0.05) is 13.0 Å². The van der Waals surface area contributed by atoms with Gasteiger partial charge < -0.3 is 4.74 Å². The molecule has 2 aromatic rings. The van der Waals surface area contributed by atoms with E-state index in [9.17, 15) is 14.0 Å². The minimum atomic E-state index is -0.589. The number of ether oxygens (including phenoxy) is 1. The highest BCUT2D eigenvalue weighted by Crippen LogP contribution is 2.29. The third-order valence-electron chi connectivity index (χ3n) is 4.36. The molecule has 2 amide bonds. The summed E-state index contributed by atoms with van der Waals surface area (Å²) in [7, 11) is 0. The third kappa shape index (κ3) is 4.71. The van der Waals surface area contributed by atoms with E-state index in [2.05, 4.69) is 21.2 Å². The Morgan fingerprint density at radius 1 is 1.24 bits per heavy atom. The van der Waals surface area contributed by atoms with E-state index >= 15 is 0 Å². The molecule has 1 saturated heterocycles. The average molecular weight is 477 g/mol. The average Bonchev–Trinajstić information content (AvgIpc) is 2.68. The van der Waals surface area contributed by atoms with Gasteiger partial charge in [-0.2, -0.15) is 0 Å². The molecular weight excluding hydrogens is 459 g/mol. The van der Waals surface area contributed by atoms with Crippen molar-refractivity contribution in [1.29, 1.82) is 0 Å². The van der Waals surface area contributed by atoms with Gasteiger partial charge >= 0.3 is 0 Å². The van der Waals surface area contributed by atoms with Crippen LogP contribution in [-0.4, -0.2) is 23.0 Å². The fourth-order valence-corrected chi connectivity index (χ4v) is 3.42. The van der Waals surface area contributed by atoms with E-state index in [0.717, 1.165) is 11.3 Å². The molecule has 2 aromatic carbocycles. The van der Waals surface area contributed by atoms with Crippen molar-refractivity contribution in [2.45, 2.75) is 26.4 Å². The number of rotatable bonds is 5. The van der Waals surface area contributed by atoms with Crippen molar-refractivity contribution in [3.8, 4) is 5.75 Å². The predicted octanol–water partition coefficient (Wildman–Crippen LogP) is 4.60. The first-order valence-electron chi connectivity index (χ1n) is 8.93. The first-order valence-corrected chi connectivity index (χ1v) is 10.1. The molecule has 0 aromatic heterocycles. The molecule has 1 fully saturated rings. The standard InChI is InChI=1S/C21H18BrFN2O3S/c1-3-12(2)28-18-9-4-13(11-17(18)22)10-16-19(26)24-21(29)25(20(16)27)15-7-5-14(23)6-8-15/h4-12H,3H2,1-2H3,(H,24,26,29)/b16-10-. The highest BCUT2D eigenvalue weighted by molar-refractivity contribution is 9.10. The number of nitrogens with zero attached hydrogens (tertiary/aromatic N) is 1. The van der Waals surface area contributed by atoms with Gasteiger partial charge in [0.15, 0.2) is 5.11 Å². The third-order valence-corrected chi connectivity index (χ3v) is 5.26. The van der Waals surface area contributed by atoms with Crippen LogP contribution in [0, 0.1) is 5.82 Å². The molecule has 1 N–H and O–H groups in total. The van der Waals surface area contributed by atoms with Gasteiger partial charge in [-0.25, -0.2) is 4.39 Å². The molecule has 1 unspecified atom stereocenters. The summed E-state index contributed by atoms with van der Waals surface area (Å²) < 4.78 is 19.7. The Hall–Kier alpha value is -2.58. The Bertz CT molecular complexity index is 1010. The van der Waals surface area contributed by atoms with Gasteiger partial charge in [-0.15, -0.1) is 0 Å². The fraction of sp³-hybridized carbons (Fsp3) is 0.190. The zero-order valence-electron chi connectivity index (χ0n) is 15.7. The Morgan fingerprint density at radius 3 is 2.55 bits per heavy atom. The van der Waals surface area contributed by atoms with Crippen LogP contribution in [0.4, 0.5) is 10.1 Å². The van der Waals surface area contributed by atoms with E-state index in [0.29, 0.717) is 21.5 Å². The number of halogens is 2. The van der Waals surface area contributed by atoms with Crippen molar-refractivity contribution < 1.29 is 18.7 Å². The minimum Gasteiger partial charge on any atom is -0.490 e. The monoisotopic (exact) mass is 476 g/mol. The summed E-state index contributed by atoms with van der Waals surface area (Å²) in [5, 5.41) is 2.45. The molecule has 0 saturated carbocycles. The lowest BCUT2D eigenvalue weighted by atomic mass is 10.1. The molecule has 0 bridgehead atoms. The summed E-state index contributed by atoms with van der Waals surface area (Å²) in [6.07, 6.45) is 2.41. The van der Waals surface area contributed by atoms with E-state index < -0.39 is 17.6 Å². The second-order valence-corrected chi connectivity index (χ2v) is 7.70. The molecule has 0 spiro atoms. The second-order valence-electron chi connectivity index (χ2n) is 6.46. The van der Waals surface area contributed by atoms with Crippen LogP contribution in [0.5, 0.6) is 5.75 Å². The lowest BCUT2D eigenvalue weighted by Gasteiger charge is -2.28. The molecule has 29 heavy (non-hydrogen) atoms. The van der Waals surface area contributed by atoms with E-state index in [-0.39, 0.29) is 16.8 Å². The number of nitrogens with one attached hydrogen (secondary N) is 1. The van der Waals surface area contributed by atoms with Gasteiger partial charge in [0.05, 0.1) is 16.3 Å². The second kappa shape index (κ2) is 8.84. The van der Waals surface area contributed by atoms with Crippen LogP contribution < -0.4 is 15.0 Å². The maximum absolute atomic E-state index is 13.2. The fourth-order valence-electron chi connectivity index (χ4n) is 2.65. The van der Waals surface area contributed by atoms with Crippen LogP contribution in [0.1, 0.15) is 25.8 Å². The molecular formula is C21H18BrFN2O3S. The number of anilines is 1. The van der Waals surface area contributed by atoms with Crippen molar-refractivity contribution in [3.63, 3.8) is 0 Å². The minimum absolute atomic E-state index is 0.0535. The van der Waals surface area contributed by atoms with Crippen LogP contribution in [0.2, 0.25) is 0 Å². The molecule has 0 aliphatic carbocycles. The lowest BCUT2D eigenvalue weighted by Crippen LogP contribution is -2.54. The van der Waals surface area contributed by atoms with Gasteiger partial charge in [0.25, 0.3) is 11.8 Å². The largest absolute Gasteiger partial charge is 0.490 e. The van der Waals surface area contributed by atoms with E-state index in [4.69, 9.17) is 17.0 Å². The summed E-state index contributed by atoms with van der Waals surface area (Å²) in [5.74, 6) is -0.931. The SMILES string of the molecule is CCC(C)Oc1ccc(/C=C2/C(=O)NC(=S)N(c3ccc(F)cc3)C2=O)cc1Br. The molecule has 8 heteroatoms. The van der Waals surface area contributed by atoms with Crippen molar-refractivity contribution in [2.75, 3.05) is 4.90 Å². The number of carbonyl (C=O) groups is 2. The normalized spacial score (nSPS) is 16.8. The maximum atomic E-state index is 13.2. The number of benzene rings is 2.